The molecule has 0 heterocycles. The minimum Gasteiger partial charge on any atom is -0.265 e. The second-order valence-electron chi connectivity index (χ2n) is 8.24. The molecule has 0 spiro atoms. The van der Waals surface area contributed by atoms with Gasteiger partial charge in [-0.3, -0.25) is 9.98 Å². The highest BCUT2D eigenvalue weighted by molar-refractivity contribution is 5.51. The monoisotopic (exact) mass is 368 g/mol. The van der Waals surface area contributed by atoms with Crippen molar-refractivity contribution >= 4 is 24.8 Å². The average Bonchev–Trinajstić information content (AvgIpc) is 2.74. The molecule has 0 fully saturated rings. The molecule has 0 aliphatic rings. The van der Waals surface area contributed by atoms with Crippen LogP contribution in [-0.4, -0.2) is 13.4 Å². The average molecular weight is 369 g/mol. The van der Waals surface area contributed by atoms with Crippen LogP contribution in [-0.2, 0) is 10.8 Å². The molecule has 3 aromatic carbocycles. The van der Waals surface area contributed by atoms with Crippen LogP contribution in [0.15, 0.2) is 82.8 Å². The topological polar surface area (TPSA) is 24.7 Å². The molecule has 0 unspecified atom stereocenters. The summed E-state index contributed by atoms with van der Waals surface area (Å²) in [6, 6.07) is 25.6. The van der Waals surface area contributed by atoms with Crippen molar-refractivity contribution in [1.29, 1.82) is 0 Å². The molecule has 28 heavy (non-hydrogen) atoms. The van der Waals surface area contributed by atoms with Gasteiger partial charge in [0.05, 0.1) is 11.4 Å². The molecule has 2 nitrogen and oxygen atoms in total. The van der Waals surface area contributed by atoms with Crippen molar-refractivity contribution in [2.75, 3.05) is 0 Å². The zero-order valence-electron chi connectivity index (χ0n) is 17.2. The molecule has 0 aliphatic carbocycles. The standard InChI is InChI=1S/C26H28N2/c1-25(2,19-10-14-23(27-5)15-11-19)21-8-7-9-22(18-21)26(3,4)20-12-16-24(28-6)17-13-20/h7-18H,5-6H2,1-4H3. The summed E-state index contributed by atoms with van der Waals surface area (Å²) < 4.78 is 0. The van der Waals surface area contributed by atoms with E-state index in [4.69, 9.17) is 0 Å². The van der Waals surface area contributed by atoms with Crippen molar-refractivity contribution in [3.05, 3.63) is 95.1 Å². The Balaban J connectivity index is 1.99. The van der Waals surface area contributed by atoms with E-state index < -0.39 is 0 Å². The Labute approximate surface area is 168 Å². The third-order valence-electron chi connectivity index (χ3n) is 5.85. The number of hydrogen-bond donors (Lipinski definition) is 0. The molecule has 3 rings (SSSR count). The highest BCUT2D eigenvalue weighted by atomic mass is 14.7. The molecule has 0 N–H and O–H groups in total. The lowest BCUT2D eigenvalue weighted by molar-refractivity contribution is 0.617. The third-order valence-corrected chi connectivity index (χ3v) is 5.85. The van der Waals surface area contributed by atoms with Crippen LogP contribution in [0.2, 0.25) is 0 Å². The fourth-order valence-corrected chi connectivity index (χ4v) is 3.60. The quantitative estimate of drug-likeness (QED) is 0.418. The predicted molar refractivity (Wildman–Crippen MR) is 122 cm³/mol. The predicted octanol–water partition coefficient (Wildman–Crippen LogP) is 7.00. The van der Waals surface area contributed by atoms with Crippen LogP contribution >= 0.6 is 0 Å². The van der Waals surface area contributed by atoms with Gasteiger partial charge in [0.15, 0.2) is 0 Å². The molecule has 2 heteroatoms. The Hall–Kier alpha value is -3.00. The van der Waals surface area contributed by atoms with Crippen molar-refractivity contribution in [1.82, 2.24) is 0 Å². The number of aliphatic imine (C=N–C) groups is 2. The lowest BCUT2D eigenvalue weighted by atomic mass is 9.73. The number of hydrogen-bond acceptors (Lipinski definition) is 2. The maximum Gasteiger partial charge on any atom is 0.0622 e. The van der Waals surface area contributed by atoms with Crippen LogP contribution in [0.4, 0.5) is 11.4 Å². The first-order valence-corrected chi connectivity index (χ1v) is 9.54. The summed E-state index contributed by atoms with van der Waals surface area (Å²) in [7, 11) is 0. The molecule has 0 saturated heterocycles. The van der Waals surface area contributed by atoms with Gasteiger partial charge < -0.3 is 0 Å². The van der Waals surface area contributed by atoms with E-state index in [2.05, 4.69) is 99.6 Å². The molecule has 0 saturated carbocycles. The molecule has 142 valence electrons. The van der Waals surface area contributed by atoms with Gasteiger partial charge in [0.25, 0.3) is 0 Å². The summed E-state index contributed by atoms with van der Waals surface area (Å²) in [6.45, 7) is 16.3. The summed E-state index contributed by atoms with van der Waals surface area (Å²) in [6.07, 6.45) is 0. The molecule has 0 atom stereocenters. The van der Waals surface area contributed by atoms with Crippen molar-refractivity contribution in [3.63, 3.8) is 0 Å². The van der Waals surface area contributed by atoms with E-state index in [1.165, 1.54) is 22.3 Å². The fourth-order valence-electron chi connectivity index (χ4n) is 3.60. The first kappa shape index (κ1) is 19.8. The smallest absolute Gasteiger partial charge is 0.0622 e. The van der Waals surface area contributed by atoms with Gasteiger partial charge in [0.2, 0.25) is 0 Å². The maximum absolute atomic E-state index is 4.00. The van der Waals surface area contributed by atoms with Gasteiger partial charge in [-0.2, -0.15) is 0 Å². The van der Waals surface area contributed by atoms with E-state index in [-0.39, 0.29) is 10.8 Å². The SMILES string of the molecule is C=Nc1ccc(C(C)(C)c2cccc(C(C)(C)c3ccc(N=C)cc3)c2)cc1. The first-order valence-electron chi connectivity index (χ1n) is 9.54. The summed E-state index contributed by atoms with van der Waals surface area (Å²) in [5.41, 5.74) is 6.68. The Morgan fingerprint density at radius 3 is 1.21 bits per heavy atom. The summed E-state index contributed by atoms with van der Waals surface area (Å²) >= 11 is 0. The van der Waals surface area contributed by atoms with Crippen LogP contribution in [0.25, 0.3) is 0 Å². The largest absolute Gasteiger partial charge is 0.265 e. The van der Waals surface area contributed by atoms with E-state index in [0.717, 1.165) is 11.4 Å². The van der Waals surface area contributed by atoms with Crippen LogP contribution in [0.5, 0.6) is 0 Å². The highest BCUT2D eigenvalue weighted by Crippen LogP contribution is 2.37. The van der Waals surface area contributed by atoms with Crippen LogP contribution < -0.4 is 0 Å². The fraction of sp³-hybridized carbons (Fsp3) is 0.231. The second-order valence-corrected chi connectivity index (χ2v) is 8.24. The van der Waals surface area contributed by atoms with E-state index in [1.54, 1.807) is 0 Å². The van der Waals surface area contributed by atoms with Gasteiger partial charge in [0.1, 0.15) is 0 Å². The van der Waals surface area contributed by atoms with Gasteiger partial charge in [0, 0.05) is 10.8 Å². The second kappa shape index (κ2) is 7.55. The third kappa shape index (κ3) is 3.68. The molecule has 0 amide bonds. The van der Waals surface area contributed by atoms with Gasteiger partial charge in [-0.1, -0.05) is 76.2 Å². The van der Waals surface area contributed by atoms with Crippen molar-refractivity contribution in [3.8, 4) is 0 Å². The van der Waals surface area contributed by atoms with Gasteiger partial charge in [-0.15, -0.1) is 0 Å². The molecule has 0 aromatic heterocycles. The summed E-state index contributed by atoms with van der Waals surface area (Å²) in [5.74, 6) is 0. The molecule has 0 radical (unpaired) electrons. The molecular weight excluding hydrogens is 340 g/mol. The zero-order chi connectivity index (χ0) is 20.4. The number of rotatable bonds is 6. The first-order chi connectivity index (χ1) is 13.3. The lowest BCUT2D eigenvalue weighted by Gasteiger charge is -2.31. The normalized spacial score (nSPS) is 11.9. The Morgan fingerprint density at radius 2 is 0.893 bits per heavy atom. The van der Waals surface area contributed by atoms with E-state index in [9.17, 15) is 0 Å². The summed E-state index contributed by atoms with van der Waals surface area (Å²) in [5, 5.41) is 0. The van der Waals surface area contributed by atoms with Gasteiger partial charge in [-0.25, -0.2) is 0 Å². The van der Waals surface area contributed by atoms with E-state index in [0.29, 0.717) is 0 Å². The molecule has 3 aromatic rings. The minimum absolute atomic E-state index is 0.109. The minimum atomic E-state index is -0.109. The lowest BCUT2D eigenvalue weighted by Crippen LogP contribution is -2.22. The van der Waals surface area contributed by atoms with Gasteiger partial charge >= 0.3 is 0 Å². The number of nitrogens with zero attached hydrogens (tertiary/aromatic N) is 2. The summed E-state index contributed by atoms with van der Waals surface area (Å²) in [4.78, 5) is 8.00. The Bertz CT molecular complexity index is 899. The van der Waals surface area contributed by atoms with Crippen molar-refractivity contribution < 1.29 is 0 Å². The van der Waals surface area contributed by atoms with Crippen LogP contribution in [0.3, 0.4) is 0 Å². The zero-order valence-corrected chi connectivity index (χ0v) is 17.2. The van der Waals surface area contributed by atoms with Crippen molar-refractivity contribution in [2.24, 2.45) is 9.98 Å². The highest BCUT2D eigenvalue weighted by Gasteiger charge is 2.27. The molecular formula is C26H28N2. The van der Waals surface area contributed by atoms with Gasteiger partial charge in [-0.05, 0) is 60.0 Å². The van der Waals surface area contributed by atoms with Crippen LogP contribution in [0.1, 0.15) is 49.9 Å². The Morgan fingerprint density at radius 1 is 0.536 bits per heavy atom. The van der Waals surface area contributed by atoms with E-state index >= 15 is 0 Å². The van der Waals surface area contributed by atoms with Crippen molar-refractivity contribution in [2.45, 2.75) is 38.5 Å². The van der Waals surface area contributed by atoms with Crippen LogP contribution in [0, 0.1) is 0 Å². The molecule has 0 aliphatic heterocycles. The van der Waals surface area contributed by atoms with E-state index in [1.807, 2.05) is 24.3 Å². The Kier molecular flexibility index (Phi) is 5.33. The number of benzene rings is 3. The molecule has 0 bridgehead atoms. The maximum atomic E-state index is 4.00.